The first-order valence-electron chi connectivity index (χ1n) is 9.15. The number of benzene rings is 1. The molecular formula is C19H18BrFN4O4. The summed E-state index contributed by atoms with van der Waals surface area (Å²) in [6, 6.07) is 4.37. The number of aromatic nitrogens is 2. The minimum Gasteiger partial charge on any atom is -0.489 e. The minimum absolute atomic E-state index is 0.0375. The number of halogens is 2. The topological polar surface area (TPSA) is 101 Å². The number of anilines is 1. The van der Waals surface area contributed by atoms with Crippen LogP contribution < -0.4 is 9.64 Å². The summed E-state index contributed by atoms with van der Waals surface area (Å²) >= 11 is 3.37. The smallest absolute Gasteiger partial charge is 0.336 e. The van der Waals surface area contributed by atoms with Crippen molar-refractivity contribution in [3.63, 3.8) is 0 Å². The van der Waals surface area contributed by atoms with E-state index in [2.05, 4.69) is 31.1 Å². The van der Waals surface area contributed by atoms with E-state index in [4.69, 9.17) is 14.4 Å². The predicted octanol–water partition coefficient (Wildman–Crippen LogP) is 3.20. The number of piperidine rings is 1. The maximum atomic E-state index is 13.4. The standard InChI is InChI=1S/C19H18BrFN4O4/c20-15-2-1-13(21)8-16(15)28-14-3-5-25(6-4-14)19-23-17(29-24-19)11-7-12(18(26)27)10-22-9-11/h1-2,7-8,10-11,14H,3-6,9H2,(H,26,27). The minimum atomic E-state index is -1.04. The molecule has 152 valence electrons. The average molecular weight is 465 g/mol. The SMILES string of the molecule is O=C(O)C1=CC(c2nc(N3CCC(Oc4cc(F)ccc4Br)CC3)no2)CN=C1. The van der Waals surface area contributed by atoms with Crippen molar-refractivity contribution >= 4 is 34.1 Å². The average Bonchev–Trinajstić information content (AvgIpc) is 3.22. The van der Waals surface area contributed by atoms with Crippen LogP contribution in [-0.2, 0) is 4.79 Å². The van der Waals surface area contributed by atoms with Gasteiger partial charge in [-0.05, 0) is 33.2 Å². The molecule has 1 saturated heterocycles. The van der Waals surface area contributed by atoms with Crippen LogP contribution in [0.5, 0.6) is 5.75 Å². The number of carboxylic acid groups (broad SMARTS) is 1. The lowest BCUT2D eigenvalue weighted by Gasteiger charge is -2.31. The fourth-order valence-electron chi connectivity index (χ4n) is 3.28. The molecule has 1 unspecified atom stereocenters. The molecule has 2 aliphatic heterocycles. The van der Waals surface area contributed by atoms with Crippen molar-refractivity contribution in [2.45, 2.75) is 24.9 Å². The Morgan fingerprint density at radius 2 is 2.14 bits per heavy atom. The van der Waals surface area contributed by atoms with Gasteiger partial charge in [0.25, 0.3) is 5.95 Å². The van der Waals surface area contributed by atoms with E-state index in [-0.39, 0.29) is 23.4 Å². The molecule has 0 radical (unpaired) electrons. The molecule has 0 bridgehead atoms. The Morgan fingerprint density at radius 3 is 2.90 bits per heavy atom. The Bertz CT molecular complexity index is 969. The summed E-state index contributed by atoms with van der Waals surface area (Å²) in [5.74, 6) is -0.428. The number of aliphatic imine (C=N–C) groups is 1. The number of carboxylic acids is 1. The van der Waals surface area contributed by atoms with E-state index in [1.807, 2.05) is 4.90 Å². The van der Waals surface area contributed by atoms with Gasteiger partial charge < -0.3 is 19.3 Å². The summed E-state index contributed by atoms with van der Waals surface area (Å²) < 4.78 is 25.4. The van der Waals surface area contributed by atoms with Crippen LogP contribution in [0.4, 0.5) is 10.3 Å². The van der Waals surface area contributed by atoms with E-state index in [0.717, 1.165) is 12.8 Å². The van der Waals surface area contributed by atoms with Crippen LogP contribution in [0.1, 0.15) is 24.7 Å². The van der Waals surface area contributed by atoms with Gasteiger partial charge in [-0.25, -0.2) is 9.18 Å². The summed E-state index contributed by atoms with van der Waals surface area (Å²) in [5.41, 5.74) is 0.113. The lowest BCUT2D eigenvalue weighted by molar-refractivity contribution is -0.132. The number of hydrogen-bond donors (Lipinski definition) is 1. The molecule has 1 aromatic heterocycles. The van der Waals surface area contributed by atoms with Crippen LogP contribution in [0.3, 0.4) is 0 Å². The predicted molar refractivity (Wildman–Crippen MR) is 106 cm³/mol. The van der Waals surface area contributed by atoms with Crippen LogP contribution in [0.2, 0.25) is 0 Å². The maximum absolute atomic E-state index is 13.4. The molecule has 0 amide bonds. The Morgan fingerprint density at radius 1 is 1.34 bits per heavy atom. The Labute approximate surface area is 174 Å². The molecule has 1 fully saturated rings. The fourth-order valence-corrected chi connectivity index (χ4v) is 3.62. The number of aliphatic carboxylic acids is 1. The lowest BCUT2D eigenvalue weighted by atomic mass is 10.0. The van der Waals surface area contributed by atoms with Gasteiger partial charge >= 0.3 is 5.97 Å². The summed E-state index contributed by atoms with van der Waals surface area (Å²) in [5, 5.41) is 13.1. The molecule has 8 nitrogen and oxygen atoms in total. The van der Waals surface area contributed by atoms with Crippen molar-refractivity contribution in [3.05, 3.63) is 46.0 Å². The van der Waals surface area contributed by atoms with Gasteiger partial charge in [-0.15, -0.1) is 0 Å². The third-order valence-electron chi connectivity index (χ3n) is 4.82. The number of dihydropyridines is 1. The largest absolute Gasteiger partial charge is 0.489 e. The molecule has 0 aliphatic carbocycles. The first-order chi connectivity index (χ1) is 14.0. The van der Waals surface area contributed by atoms with Crippen LogP contribution in [0.15, 0.2) is 43.8 Å². The van der Waals surface area contributed by atoms with E-state index >= 15 is 0 Å². The van der Waals surface area contributed by atoms with Crippen molar-refractivity contribution in [2.75, 3.05) is 24.5 Å². The molecular weight excluding hydrogens is 447 g/mol. The highest BCUT2D eigenvalue weighted by molar-refractivity contribution is 9.10. The van der Waals surface area contributed by atoms with Crippen molar-refractivity contribution in [1.82, 2.24) is 10.1 Å². The van der Waals surface area contributed by atoms with Crippen LogP contribution in [-0.4, -0.2) is 53.2 Å². The maximum Gasteiger partial charge on any atom is 0.336 e. The number of carbonyl (C=O) groups is 1. The molecule has 2 aliphatic rings. The molecule has 2 aromatic rings. The molecule has 1 atom stereocenters. The van der Waals surface area contributed by atoms with E-state index in [1.54, 1.807) is 12.1 Å². The third-order valence-corrected chi connectivity index (χ3v) is 5.48. The van der Waals surface area contributed by atoms with Gasteiger partial charge in [-0.3, -0.25) is 4.99 Å². The molecule has 4 rings (SSSR count). The zero-order chi connectivity index (χ0) is 20.4. The van der Waals surface area contributed by atoms with E-state index in [9.17, 15) is 9.18 Å². The highest BCUT2D eigenvalue weighted by atomic mass is 79.9. The second kappa shape index (κ2) is 8.32. The van der Waals surface area contributed by atoms with Gasteiger partial charge in [0.15, 0.2) is 0 Å². The fraction of sp³-hybridized carbons (Fsp3) is 0.368. The quantitative estimate of drug-likeness (QED) is 0.724. The lowest BCUT2D eigenvalue weighted by Crippen LogP contribution is -2.38. The first kappa shape index (κ1) is 19.6. The molecule has 10 heteroatoms. The summed E-state index contributed by atoms with van der Waals surface area (Å²) in [6.07, 6.45) is 4.32. The summed E-state index contributed by atoms with van der Waals surface area (Å²) in [7, 11) is 0. The van der Waals surface area contributed by atoms with Crippen molar-refractivity contribution in [1.29, 1.82) is 0 Å². The number of ether oxygens (including phenoxy) is 1. The molecule has 1 N–H and O–H groups in total. The van der Waals surface area contributed by atoms with Crippen molar-refractivity contribution in [2.24, 2.45) is 4.99 Å². The van der Waals surface area contributed by atoms with Crippen molar-refractivity contribution in [3.8, 4) is 5.75 Å². The van der Waals surface area contributed by atoms with Gasteiger partial charge in [0.2, 0.25) is 5.89 Å². The normalized spacial score (nSPS) is 19.9. The zero-order valence-corrected chi connectivity index (χ0v) is 16.9. The number of nitrogens with zero attached hydrogens (tertiary/aromatic N) is 4. The Kier molecular flexibility index (Phi) is 5.61. The van der Waals surface area contributed by atoms with E-state index in [0.29, 0.717) is 41.7 Å². The highest BCUT2D eigenvalue weighted by Crippen LogP contribution is 2.29. The Hall–Kier alpha value is -2.75. The second-order valence-corrected chi connectivity index (χ2v) is 7.69. The monoisotopic (exact) mass is 464 g/mol. The van der Waals surface area contributed by atoms with Gasteiger partial charge in [0.05, 0.1) is 22.5 Å². The summed E-state index contributed by atoms with van der Waals surface area (Å²) in [6.45, 7) is 1.70. The molecule has 1 aromatic carbocycles. The molecule has 0 saturated carbocycles. The van der Waals surface area contributed by atoms with Gasteiger partial charge in [-0.2, -0.15) is 4.98 Å². The summed E-state index contributed by atoms with van der Waals surface area (Å²) in [4.78, 5) is 21.6. The van der Waals surface area contributed by atoms with Gasteiger partial charge in [-0.1, -0.05) is 6.08 Å². The zero-order valence-electron chi connectivity index (χ0n) is 15.3. The Balaban J connectivity index is 1.37. The third kappa shape index (κ3) is 4.47. The van der Waals surface area contributed by atoms with Gasteiger partial charge in [0.1, 0.15) is 17.7 Å². The molecule has 0 spiro atoms. The van der Waals surface area contributed by atoms with E-state index < -0.39 is 5.97 Å². The molecule has 29 heavy (non-hydrogen) atoms. The van der Waals surface area contributed by atoms with Crippen LogP contribution in [0.25, 0.3) is 0 Å². The number of rotatable bonds is 5. The number of hydrogen-bond acceptors (Lipinski definition) is 7. The van der Waals surface area contributed by atoms with Gasteiger partial charge in [0, 0.05) is 38.2 Å². The molecule has 3 heterocycles. The van der Waals surface area contributed by atoms with Crippen LogP contribution in [0, 0.1) is 5.82 Å². The van der Waals surface area contributed by atoms with E-state index in [1.165, 1.54) is 18.3 Å². The first-order valence-corrected chi connectivity index (χ1v) is 9.94. The van der Waals surface area contributed by atoms with Crippen molar-refractivity contribution < 1.29 is 23.6 Å². The highest BCUT2D eigenvalue weighted by Gasteiger charge is 2.27. The second-order valence-electron chi connectivity index (χ2n) is 6.84. The van der Waals surface area contributed by atoms with Crippen LogP contribution >= 0.6 is 15.9 Å².